The van der Waals surface area contributed by atoms with Gasteiger partial charge in [-0.3, -0.25) is 4.79 Å². The molecule has 0 spiro atoms. The number of nitrogens with zero attached hydrogens (tertiary/aromatic N) is 3. The topological polar surface area (TPSA) is 36.4 Å². The van der Waals surface area contributed by atoms with Crippen molar-refractivity contribution in [3.05, 3.63) is 89.4 Å². The Hall–Kier alpha value is -2.86. The van der Waals surface area contributed by atoms with Gasteiger partial charge in [-0.2, -0.15) is 0 Å². The Balaban J connectivity index is 1.39. The van der Waals surface area contributed by atoms with E-state index in [9.17, 15) is 9.18 Å². The summed E-state index contributed by atoms with van der Waals surface area (Å²) in [5.74, 6) is 0.548. The van der Waals surface area contributed by atoms with Crippen LogP contribution >= 0.6 is 11.8 Å². The number of amides is 1. The van der Waals surface area contributed by atoms with Crippen LogP contribution in [0.1, 0.15) is 42.3 Å². The molecule has 4 nitrogen and oxygen atoms in total. The highest BCUT2D eigenvalue weighted by molar-refractivity contribution is 7.98. The molecule has 1 aliphatic heterocycles. The first-order valence-corrected chi connectivity index (χ1v) is 12.3. The third kappa shape index (κ3) is 5.74. The number of hydrogen-bond donors (Lipinski definition) is 0. The van der Waals surface area contributed by atoms with Crippen LogP contribution in [0.15, 0.2) is 71.9 Å². The monoisotopic (exact) mass is 463 g/mol. The predicted molar refractivity (Wildman–Crippen MR) is 133 cm³/mol. The zero-order chi connectivity index (χ0) is 23.4. The molecule has 6 heteroatoms. The van der Waals surface area contributed by atoms with Crippen molar-refractivity contribution >= 4 is 23.4 Å². The fourth-order valence-electron chi connectivity index (χ4n) is 3.91. The van der Waals surface area contributed by atoms with Gasteiger partial charge >= 0.3 is 0 Å². The number of benzene rings is 2. The molecule has 0 N–H and O–H groups in total. The molecule has 0 bridgehead atoms. The van der Waals surface area contributed by atoms with Gasteiger partial charge in [-0.1, -0.05) is 45.0 Å². The molecule has 1 aliphatic rings. The zero-order valence-corrected chi connectivity index (χ0v) is 20.2. The van der Waals surface area contributed by atoms with Crippen LogP contribution in [0.4, 0.5) is 10.1 Å². The summed E-state index contributed by atoms with van der Waals surface area (Å²) < 4.78 is 13.2. The molecule has 172 valence electrons. The van der Waals surface area contributed by atoms with Gasteiger partial charge in [0.05, 0.1) is 5.56 Å². The first-order valence-electron chi connectivity index (χ1n) is 11.3. The van der Waals surface area contributed by atoms with E-state index in [2.05, 4.69) is 54.9 Å². The molecular formula is C27H30FN3OS. The third-order valence-corrected chi connectivity index (χ3v) is 7.03. The normalized spacial score (nSPS) is 14.4. The molecule has 4 rings (SSSR count). The molecule has 2 heterocycles. The van der Waals surface area contributed by atoms with Crippen molar-refractivity contribution in [3.8, 4) is 0 Å². The van der Waals surface area contributed by atoms with Gasteiger partial charge in [0, 0.05) is 43.8 Å². The SMILES string of the molecule is CC(C)(C)c1ccc(CSc2ncccc2C(=O)N2CCN(c3ccc(F)cc3)CC2)cc1. The van der Waals surface area contributed by atoms with Gasteiger partial charge in [0.1, 0.15) is 10.8 Å². The van der Waals surface area contributed by atoms with E-state index in [1.807, 2.05) is 17.0 Å². The fraction of sp³-hybridized carbons (Fsp3) is 0.333. The average molecular weight is 464 g/mol. The van der Waals surface area contributed by atoms with E-state index < -0.39 is 0 Å². The molecule has 0 atom stereocenters. The molecule has 3 aromatic rings. The lowest BCUT2D eigenvalue weighted by molar-refractivity contribution is 0.0742. The van der Waals surface area contributed by atoms with Crippen LogP contribution in [0.25, 0.3) is 0 Å². The van der Waals surface area contributed by atoms with Crippen molar-refractivity contribution < 1.29 is 9.18 Å². The van der Waals surface area contributed by atoms with Gasteiger partial charge in [0.25, 0.3) is 5.91 Å². The summed E-state index contributed by atoms with van der Waals surface area (Å²) in [4.78, 5) is 21.9. The minimum absolute atomic E-state index is 0.0208. The van der Waals surface area contributed by atoms with E-state index in [4.69, 9.17) is 0 Å². The van der Waals surface area contributed by atoms with Crippen LogP contribution in [0.3, 0.4) is 0 Å². The number of carbonyl (C=O) groups excluding carboxylic acids is 1. The fourth-order valence-corrected chi connectivity index (χ4v) is 4.85. The number of rotatable bonds is 5. The smallest absolute Gasteiger partial charge is 0.256 e. The van der Waals surface area contributed by atoms with Gasteiger partial charge in [-0.25, -0.2) is 9.37 Å². The van der Waals surface area contributed by atoms with Gasteiger partial charge in [-0.05, 0) is 52.9 Å². The maximum Gasteiger partial charge on any atom is 0.256 e. The van der Waals surface area contributed by atoms with Gasteiger partial charge in [0.2, 0.25) is 0 Å². The first-order chi connectivity index (χ1) is 15.8. The van der Waals surface area contributed by atoms with Crippen molar-refractivity contribution in [1.82, 2.24) is 9.88 Å². The van der Waals surface area contributed by atoms with E-state index >= 15 is 0 Å². The van der Waals surface area contributed by atoms with Crippen molar-refractivity contribution in [3.63, 3.8) is 0 Å². The van der Waals surface area contributed by atoms with Gasteiger partial charge in [-0.15, -0.1) is 11.8 Å². The minimum atomic E-state index is -0.237. The Morgan fingerprint density at radius 3 is 2.27 bits per heavy atom. The van der Waals surface area contributed by atoms with E-state index in [0.29, 0.717) is 18.7 Å². The molecule has 0 unspecified atom stereocenters. The standard InChI is InChI=1S/C27H30FN3OS/c1-27(2,3)21-8-6-20(7-9-21)19-33-25-24(5-4-14-29-25)26(32)31-17-15-30(16-18-31)23-12-10-22(28)11-13-23/h4-14H,15-19H2,1-3H3. The van der Waals surface area contributed by atoms with Crippen molar-refractivity contribution in [2.75, 3.05) is 31.1 Å². The lowest BCUT2D eigenvalue weighted by Gasteiger charge is -2.36. The second-order valence-corrected chi connectivity index (χ2v) is 10.3. The lowest BCUT2D eigenvalue weighted by atomic mass is 9.87. The van der Waals surface area contributed by atoms with Crippen molar-refractivity contribution in [1.29, 1.82) is 0 Å². The number of halogens is 1. The first kappa shape index (κ1) is 23.3. The number of piperazine rings is 1. The molecule has 1 fully saturated rings. The summed E-state index contributed by atoms with van der Waals surface area (Å²) in [5, 5.41) is 0.767. The molecule has 1 amide bonds. The zero-order valence-electron chi connectivity index (χ0n) is 19.4. The Labute approximate surface area is 199 Å². The molecule has 0 saturated carbocycles. The van der Waals surface area contributed by atoms with Gasteiger partial charge in [0.15, 0.2) is 0 Å². The number of aromatic nitrogens is 1. The summed E-state index contributed by atoms with van der Waals surface area (Å²) in [6, 6.07) is 18.9. The summed E-state index contributed by atoms with van der Waals surface area (Å²) in [6.07, 6.45) is 1.74. The van der Waals surface area contributed by atoms with Crippen LogP contribution in [0, 0.1) is 5.82 Å². The second-order valence-electron chi connectivity index (χ2n) is 9.35. The number of pyridine rings is 1. The van der Waals surface area contributed by atoms with Gasteiger partial charge < -0.3 is 9.80 Å². The number of anilines is 1. The number of thioether (sulfide) groups is 1. The van der Waals surface area contributed by atoms with Crippen LogP contribution in [0.5, 0.6) is 0 Å². The molecule has 2 aromatic carbocycles. The predicted octanol–water partition coefficient (Wildman–Crippen LogP) is 5.77. The summed E-state index contributed by atoms with van der Waals surface area (Å²) >= 11 is 1.60. The van der Waals surface area contributed by atoms with E-state index in [0.717, 1.165) is 29.6 Å². The Morgan fingerprint density at radius 1 is 0.970 bits per heavy atom. The van der Waals surface area contributed by atoms with E-state index in [1.165, 1.54) is 23.3 Å². The van der Waals surface area contributed by atoms with Crippen molar-refractivity contribution in [2.45, 2.75) is 37.0 Å². The maximum atomic E-state index is 13.3. The Kier molecular flexibility index (Phi) is 7.03. The molecule has 1 saturated heterocycles. The Morgan fingerprint density at radius 2 is 1.64 bits per heavy atom. The third-order valence-electron chi connectivity index (χ3n) is 5.96. The molecule has 33 heavy (non-hydrogen) atoms. The molecule has 0 aliphatic carbocycles. The average Bonchev–Trinajstić information content (AvgIpc) is 2.83. The highest BCUT2D eigenvalue weighted by Crippen LogP contribution is 2.28. The Bertz CT molecular complexity index is 1090. The highest BCUT2D eigenvalue weighted by Gasteiger charge is 2.24. The maximum absolute atomic E-state index is 13.3. The minimum Gasteiger partial charge on any atom is -0.368 e. The quantitative estimate of drug-likeness (QED) is 0.450. The van der Waals surface area contributed by atoms with E-state index in [1.54, 1.807) is 30.1 Å². The molecular weight excluding hydrogens is 433 g/mol. The van der Waals surface area contributed by atoms with Crippen LogP contribution in [-0.2, 0) is 11.2 Å². The lowest BCUT2D eigenvalue weighted by Crippen LogP contribution is -2.48. The van der Waals surface area contributed by atoms with E-state index in [-0.39, 0.29) is 17.1 Å². The number of carbonyl (C=O) groups is 1. The summed E-state index contributed by atoms with van der Waals surface area (Å²) in [6.45, 7) is 9.33. The van der Waals surface area contributed by atoms with Crippen molar-refractivity contribution in [2.24, 2.45) is 0 Å². The summed E-state index contributed by atoms with van der Waals surface area (Å²) in [7, 11) is 0. The van der Waals surface area contributed by atoms with Crippen LogP contribution < -0.4 is 4.90 Å². The number of hydrogen-bond acceptors (Lipinski definition) is 4. The second kappa shape index (κ2) is 9.96. The molecule has 1 aromatic heterocycles. The largest absolute Gasteiger partial charge is 0.368 e. The molecule has 0 radical (unpaired) electrons. The van der Waals surface area contributed by atoms with Crippen LogP contribution in [-0.4, -0.2) is 42.0 Å². The highest BCUT2D eigenvalue weighted by atomic mass is 32.2. The summed E-state index contributed by atoms with van der Waals surface area (Å²) in [5.41, 5.74) is 4.30. The van der Waals surface area contributed by atoms with Crippen LogP contribution in [0.2, 0.25) is 0 Å².